The van der Waals surface area contributed by atoms with Gasteiger partial charge in [-0.2, -0.15) is 0 Å². The van der Waals surface area contributed by atoms with E-state index in [0.29, 0.717) is 29.8 Å². The summed E-state index contributed by atoms with van der Waals surface area (Å²) in [6.07, 6.45) is 0. The predicted molar refractivity (Wildman–Crippen MR) is 67.3 cm³/mol. The monoisotopic (exact) mass is 260 g/mol. The highest BCUT2D eigenvalue weighted by Gasteiger charge is 2.37. The number of hydrogen-bond donors (Lipinski definition) is 2. The Labute approximate surface area is 105 Å². The quantitative estimate of drug-likeness (QED) is 0.874. The van der Waals surface area contributed by atoms with Gasteiger partial charge in [-0.15, -0.1) is 0 Å². The van der Waals surface area contributed by atoms with Crippen LogP contribution >= 0.6 is 23.2 Å². The molecule has 1 saturated heterocycles. The van der Waals surface area contributed by atoms with Gasteiger partial charge in [0.1, 0.15) is 0 Å². The molecule has 1 aromatic carbocycles. The molecule has 1 fully saturated rings. The lowest BCUT2D eigenvalue weighted by Gasteiger charge is -2.40. The number of halogens is 2. The van der Waals surface area contributed by atoms with Gasteiger partial charge in [0.25, 0.3) is 0 Å². The molecule has 16 heavy (non-hydrogen) atoms. The zero-order chi connectivity index (χ0) is 11.6. The molecule has 2 rings (SSSR count). The first-order valence-electron chi connectivity index (χ1n) is 5.13. The van der Waals surface area contributed by atoms with Gasteiger partial charge in [0.15, 0.2) is 0 Å². The average Bonchev–Trinajstić information content (AvgIpc) is 2.23. The Morgan fingerprint density at radius 3 is 2.69 bits per heavy atom. The molecule has 0 aromatic heterocycles. The summed E-state index contributed by atoms with van der Waals surface area (Å²) >= 11 is 12.0. The van der Waals surface area contributed by atoms with Crippen molar-refractivity contribution < 1.29 is 4.74 Å². The van der Waals surface area contributed by atoms with Gasteiger partial charge >= 0.3 is 0 Å². The summed E-state index contributed by atoms with van der Waals surface area (Å²) in [4.78, 5) is 0. The maximum atomic E-state index is 6.07. The smallest absolute Gasteiger partial charge is 0.0823 e. The Morgan fingerprint density at radius 2 is 2.12 bits per heavy atom. The molecule has 0 saturated carbocycles. The molecule has 0 bridgehead atoms. The van der Waals surface area contributed by atoms with Crippen molar-refractivity contribution >= 4 is 28.9 Å². The topological polar surface area (TPSA) is 47.3 Å². The molecular weight excluding hydrogens is 247 g/mol. The Balaban J connectivity index is 2.02. The van der Waals surface area contributed by atoms with Crippen LogP contribution in [0.4, 0.5) is 5.69 Å². The summed E-state index contributed by atoms with van der Waals surface area (Å²) in [6, 6.07) is 5.53. The summed E-state index contributed by atoms with van der Waals surface area (Å²) in [5, 5.41) is 4.38. The zero-order valence-electron chi connectivity index (χ0n) is 8.80. The minimum Gasteiger partial charge on any atom is -0.383 e. The Kier molecular flexibility index (Phi) is 3.60. The van der Waals surface area contributed by atoms with Crippen molar-refractivity contribution in [2.24, 2.45) is 11.1 Å². The van der Waals surface area contributed by atoms with Gasteiger partial charge < -0.3 is 15.8 Å². The highest BCUT2D eigenvalue weighted by molar-refractivity contribution is 6.43. The first kappa shape index (κ1) is 12.0. The molecule has 0 amide bonds. The third-order valence-electron chi connectivity index (χ3n) is 2.85. The Hall–Kier alpha value is -0.480. The van der Waals surface area contributed by atoms with Gasteiger partial charge in [0.2, 0.25) is 0 Å². The normalized spacial score (nSPS) is 17.9. The van der Waals surface area contributed by atoms with E-state index in [-0.39, 0.29) is 5.41 Å². The van der Waals surface area contributed by atoms with Crippen LogP contribution in [-0.4, -0.2) is 26.3 Å². The van der Waals surface area contributed by atoms with Crippen molar-refractivity contribution in [1.82, 2.24) is 0 Å². The van der Waals surface area contributed by atoms with Gasteiger partial charge in [-0.1, -0.05) is 29.3 Å². The number of rotatable bonds is 4. The molecule has 1 heterocycles. The van der Waals surface area contributed by atoms with E-state index in [1.807, 2.05) is 12.1 Å². The lowest BCUT2D eigenvalue weighted by Crippen LogP contribution is -2.52. The number of nitrogens with one attached hydrogen (secondary N) is 1. The molecule has 5 heteroatoms. The molecule has 88 valence electrons. The van der Waals surface area contributed by atoms with Crippen LogP contribution in [0.5, 0.6) is 0 Å². The summed E-state index contributed by atoms with van der Waals surface area (Å²) in [7, 11) is 0. The van der Waals surface area contributed by atoms with Crippen molar-refractivity contribution in [3.63, 3.8) is 0 Å². The minimum absolute atomic E-state index is 0.0473. The van der Waals surface area contributed by atoms with Crippen molar-refractivity contribution in [2.45, 2.75) is 0 Å². The lowest BCUT2D eigenvalue weighted by atomic mass is 9.86. The maximum absolute atomic E-state index is 6.07. The van der Waals surface area contributed by atoms with Gasteiger partial charge in [-0.05, 0) is 12.1 Å². The third-order valence-corrected chi connectivity index (χ3v) is 3.67. The highest BCUT2D eigenvalue weighted by Crippen LogP contribution is 2.32. The second kappa shape index (κ2) is 4.80. The van der Waals surface area contributed by atoms with Crippen LogP contribution in [0.25, 0.3) is 0 Å². The van der Waals surface area contributed by atoms with E-state index in [2.05, 4.69) is 5.32 Å². The largest absolute Gasteiger partial charge is 0.383 e. The van der Waals surface area contributed by atoms with E-state index in [9.17, 15) is 0 Å². The van der Waals surface area contributed by atoms with Crippen LogP contribution in [0.3, 0.4) is 0 Å². The predicted octanol–water partition coefficient (Wildman–Crippen LogP) is 2.38. The second-order valence-electron chi connectivity index (χ2n) is 4.15. The SMILES string of the molecule is NCC1(CNc2cccc(Cl)c2Cl)COC1. The molecule has 1 aromatic rings. The van der Waals surface area contributed by atoms with E-state index in [1.54, 1.807) is 6.07 Å². The fraction of sp³-hybridized carbons (Fsp3) is 0.455. The van der Waals surface area contributed by atoms with Crippen LogP contribution in [0, 0.1) is 5.41 Å². The van der Waals surface area contributed by atoms with Gasteiger partial charge in [-0.3, -0.25) is 0 Å². The average molecular weight is 261 g/mol. The van der Waals surface area contributed by atoms with Gasteiger partial charge in [0.05, 0.1) is 28.9 Å². The summed E-state index contributed by atoms with van der Waals surface area (Å²) in [5.41, 5.74) is 6.61. The van der Waals surface area contributed by atoms with E-state index in [0.717, 1.165) is 12.2 Å². The van der Waals surface area contributed by atoms with Crippen LogP contribution in [0.15, 0.2) is 18.2 Å². The van der Waals surface area contributed by atoms with E-state index >= 15 is 0 Å². The molecule has 3 N–H and O–H groups in total. The van der Waals surface area contributed by atoms with Crippen LogP contribution in [0.1, 0.15) is 0 Å². The number of nitrogens with two attached hydrogens (primary N) is 1. The fourth-order valence-corrected chi connectivity index (χ4v) is 1.97. The van der Waals surface area contributed by atoms with Crippen molar-refractivity contribution in [3.8, 4) is 0 Å². The standard InChI is InChI=1S/C11H14Cl2N2O/c12-8-2-1-3-9(10(8)13)15-5-11(4-14)6-16-7-11/h1-3,15H,4-7,14H2. The zero-order valence-corrected chi connectivity index (χ0v) is 10.3. The number of benzene rings is 1. The van der Waals surface area contributed by atoms with Crippen molar-refractivity contribution in [3.05, 3.63) is 28.2 Å². The molecule has 0 spiro atoms. The Bertz CT molecular complexity index is 375. The van der Waals surface area contributed by atoms with Gasteiger partial charge in [0, 0.05) is 18.5 Å². The Morgan fingerprint density at radius 1 is 1.38 bits per heavy atom. The van der Waals surface area contributed by atoms with E-state index < -0.39 is 0 Å². The molecule has 1 aliphatic heterocycles. The van der Waals surface area contributed by atoms with Crippen LogP contribution < -0.4 is 11.1 Å². The summed E-state index contributed by atoms with van der Waals surface area (Å²) in [6.45, 7) is 2.77. The van der Waals surface area contributed by atoms with Crippen molar-refractivity contribution in [2.75, 3.05) is 31.6 Å². The van der Waals surface area contributed by atoms with Crippen LogP contribution in [0.2, 0.25) is 10.0 Å². The van der Waals surface area contributed by atoms with E-state index in [4.69, 9.17) is 33.7 Å². The maximum Gasteiger partial charge on any atom is 0.0823 e. The first-order chi connectivity index (χ1) is 7.67. The molecule has 1 aliphatic rings. The minimum atomic E-state index is 0.0473. The fourth-order valence-electron chi connectivity index (χ4n) is 1.61. The molecule has 0 radical (unpaired) electrons. The number of anilines is 1. The number of hydrogen-bond acceptors (Lipinski definition) is 3. The number of ether oxygens (including phenoxy) is 1. The van der Waals surface area contributed by atoms with Crippen molar-refractivity contribution in [1.29, 1.82) is 0 Å². The second-order valence-corrected chi connectivity index (χ2v) is 4.94. The molecule has 0 unspecified atom stereocenters. The molecular formula is C11H14Cl2N2O. The van der Waals surface area contributed by atoms with E-state index in [1.165, 1.54) is 0 Å². The molecule has 3 nitrogen and oxygen atoms in total. The van der Waals surface area contributed by atoms with Crippen LogP contribution in [-0.2, 0) is 4.74 Å². The first-order valence-corrected chi connectivity index (χ1v) is 5.88. The summed E-state index contributed by atoms with van der Waals surface area (Å²) in [5.74, 6) is 0. The molecule has 0 atom stereocenters. The summed E-state index contributed by atoms with van der Waals surface area (Å²) < 4.78 is 5.19. The van der Waals surface area contributed by atoms with Gasteiger partial charge in [-0.25, -0.2) is 0 Å². The lowest BCUT2D eigenvalue weighted by molar-refractivity contribution is -0.0979. The highest BCUT2D eigenvalue weighted by atomic mass is 35.5. The third kappa shape index (κ3) is 2.28. The molecule has 0 aliphatic carbocycles.